The number of hydrogen-bond donors (Lipinski definition) is 3. The van der Waals surface area contributed by atoms with E-state index in [4.69, 9.17) is 5.84 Å². The molecule has 2 amide bonds. The lowest BCUT2D eigenvalue weighted by Gasteiger charge is -2.34. The number of nitrogens with one attached hydrogen (secondary N) is 2. The Hall–Kier alpha value is -1.88. The molecule has 1 atom stereocenters. The lowest BCUT2D eigenvalue weighted by molar-refractivity contribution is -0.139. The van der Waals surface area contributed by atoms with E-state index in [-0.39, 0.29) is 5.91 Å². The lowest BCUT2D eigenvalue weighted by Crippen LogP contribution is -2.58. The van der Waals surface area contributed by atoms with Gasteiger partial charge in [-0.2, -0.15) is 0 Å². The summed E-state index contributed by atoms with van der Waals surface area (Å²) in [6, 6.07) is 9.02. The number of hydrogen-bond acceptors (Lipinski definition) is 3. The minimum absolute atomic E-state index is 0.280. The number of amides is 2. The average molecular weight is 233 g/mol. The summed E-state index contributed by atoms with van der Waals surface area (Å²) in [5.74, 6) is 4.47. The molecule has 5 heteroatoms. The van der Waals surface area contributed by atoms with Crippen LogP contribution in [0.3, 0.4) is 0 Å². The Kier molecular flexibility index (Phi) is 3.10. The van der Waals surface area contributed by atoms with Gasteiger partial charge in [0.2, 0.25) is 5.91 Å². The summed E-state index contributed by atoms with van der Waals surface area (Å²) in [5.41, 5.74) is 1.60. The van der Waals surface area contributed by atoms with Gasteiger partial charge in [0.25, 0.3) is 5.91 Å². The standard InChI is InChI=1S/C12H15N3O2/c13-15-11(17)12(7-4-8-14-10(12)16)9-5-2-1-3-6-9/h1-3,5-6H,4,7-8,13H2,(H,14,16)(H,15,17). The highest BCUT2D eigenvalue weighted by Crippen LogP contribution is 2.32. The molecule has 0 spiro atoms. The lowest BCUT2D eigenvalue weighted by atomic mass is 9.73. The monoisotopic (exact) mass is 233 g/mol. The normalized spacial score (nSPS) is 23.9. The maximum Gasteiger partial charge on any atom is 0.254 e. The number of carbonyl (C=O) groups is 2. The van der Waals surface area contributed by atoms with Crippen LogP contribution in [0.4, 0.5) is 0 Å². The average Bonchev–Trinajstić information content (AvgIpc) is 2.39. The zero-order valence-corrected chi connectivity index (χ0v) is 9.40. The van der Waals surface area contributed by atoms with Gasteiger partial charge in [-0.1, -0.05) is 30.3 Å². The summed E-state index contributed by atoms with van der Waals surface area (Å²) >= 11 is 0. The second-order valence-corrected chi connectivity index (χ2v) is 4.10. The topological polar surface area (TPSA) is 84.2 Å². The molecule has 0 aliphatic carbocycles. The van der Waals surface area contributed by atoms with Crippen LogP contribution < -0.4 is 16.6 Å². The molecule has 1 aliphatic rings. The van der Waals surface area contributed by atoms with Crippen LogP contribution in [-0.2, 0) is 15.0 Å². The van der Waals surface area contributed by atoms with Gasteiger partial charge in [0.1, 0.15) is 0 Å². The van der Waals surface area contributed by atoms with Gasteiger partial charge in [-0.25, -0.2) is 5.84 Å². The van der Waals surface area contributed by atoms with E-state index in [2.05, 4.69) is 10.7 Å². The third-order valence-electron chi connectivity index (χ3n) is 3.19. The van der Waals surface area contributed by atoms with Gasteiger partial charge < -0.3 is 5.32 Å². The van der Waals surface area contributed by atoms with E-state index in [0.29, 0.717) is 18.5 Å². The van der Waals surface area contributed by atoms with Crippen LogP contribution >= 0.6 is 0 Å². The molecule has 1 aromatic rings. The van der Waals surface area contributed by atoms with Gasteiger partial charge in [-0.05, 0) is 18.4 Å². The van der Waals surface area contributed by atoms with Crippen LogP contribution in [0.5, 0.6) is 0 Å². The Bertz CT molecular complexity index is 423. The number of nitrogens with two attached hydrogens (primary N) is 1. The molecule has 1 saturated heterocycles. The third kappa shape index (κ3) is 1.78. The predicted octanol–water partition coefficient (Wildman–Crippen LogP) is -0.176. The van der Waals surface area contributed by atoms with Crippen LogP contribution in [0.15, 0.2) is 30.3 Å². The van der Waals surface area contributed by atoms with Crippen molar-refractivity contribution in [1.29, 1.82) is 0 Å². The van der Waals surface area contributed by atoms with Crippen molar-refractivity contribution in [2.24, 2.45) is 5.84 Å². The van der Waals surface area contributed by atoms with Gasteiger partial charge in [0.15, 0.2) is 5.41 Å². The molecule has 4 N–H and O–H groups in total. The zero-order chi connectivity index (χ0) is 12.3. The smallest absolute Gasteiger partial charge is 0.254 e. The van der Waals surface area contributed by atoms with E-state index >= 15 is 0 Å². The molecule has 0 bridgehead atoms. The number of carbonyl (C=O) groups excluding carboxylic acids is 2. The number of hydrazine groups is 1. The first-order valence-corrected chi connectivity index (χ1v) is 5.56. The Morgan fingerprint density at radius 1 is 1.35 bits per heavy atom. The van der Waals surface area contributed by atoms with Gasteiger partial charge in [-0.15, -0.1) is 0 Å². The largest absolute Gasteiger partial charge is 0.355 e. The van der Waals surface area contributed by atoms with E-state index in [1.54, 1.807) is 12.1 Å². The first kappa shape index (κ1) is 11.6. The zero-order valence-electron chi connectivity index (χ0n) is 9.40. The molecular weight excluding hydrogens is 218 g/mol. The molecule has 2 rings (SSSR count). The van der Waals surface area contributed by atoms with Gasteiger partial charge in [0.05, 0.1) is 0 Å². The summed E-state index contributed by atoms with van der Waals surface area (Å²) < 4.78 is 0. The molecule has 90 valence electrons. The summed E-state index contributed by atoms with van der Waals surface area (Å²) in [7, 11) is 0. The van der Waals surface area contributed by atoms with Crippen LogP contribution in [0.2, 0.25) is 0 Å². The van der Waals surface area contributed by atoms with Crippen molar-refractivity contribution in [1.82, 2.24) is 10.7 Å². The van der Waals surface area contributed by atoms with E-state index < -0.39 is 11.3 Å². The molecule has 1 fully saturated rings. The van der Waals surface area contributed by atoms with Crippen molar-refractivity contribution in [3.05, 3.63) is 35.9 Å². The van der Waals surface area contributed by atoms with Gasteiger partial charge in [0, 0.05) is 6.54 Å². The first-order chi connectivity index (χ1) is 8.21. The molecule has 17 heavy (non-hydrogen) atoms. The van der Waals surface area contributed by atoms with E-state index in [9.17, 15) is 9.59 Å². The molecule has 1 unspecified atom stereocenters. The summed E-state index contributed by atoms with van der Waals surface area (Å²) in [6.45, 7) is 0.602. The predicted molar refractivity (Wildman–Crippen MR) is 62.7 cm³/mol. The fraction of sp³-hybridized carbons (Fsp3) is 0.333. The van der Waals surface area contributed by atoms with Gasteiger partial charge in [-0.3, -0.25) is 15.0 Å². The van der Waals surface area contributed by atoms with Gasteiger partial charge >= 0.3 is 0 Å². The molecule has 1 aliphatic heterocycles. The van der Waals surface area contributed by atoms with E-state index in [0.717, 1.165) is 6.42 Å². The Morgan fingerprint density at radius 3 is 2.65 bits per heavy atom. The van der Waals surface area contributed by atoms with Crippen molar-refractivity contribution >= 4 is 11.8 Å². The number of rotatable bonds is 2. The van der Waals surface area contributed by atoms with E-state index in [1.807, 2.05) is 18.2 Å². The fourth-order valence-electron chi connectivity index (χ4n) is 2.29. The van der Waals surface area contributed by atoms with Crippen LogP contribution in [0.25, 0.3) is 0 Å². The number of benzene rings is 1. The SMILES string of the molecule is NNC(=O)C1(c2ccccc2)CCCNC1=O. The van der Waals surface area contributed by atoms with Crippen molar-refractivity contribution in [3.8, 4) is 0 Å². The molecule has 1 aromatic carbocycles. The number of piperidine rings is 1. The highest BCUT2D eigenvalue weighted by atomic mass is 16.2. The maximum atomic E-state index is 12.1. The molecule has 1 heterocycles. The molecular formula is C12H15N3O2. The first-order valence-electron chi connectivity index (χ1n) is 5.56. The minimum atomic E-state index is -1.19. The Balaban J connectivity index is 2.50. The fourth-order valence-corrected chi connectivity index (χ4v) is 2.29. The summed E-state index contributed by atoms with van der Waals surface area (Å²) in [6.07, 6.45) is 1.24. The van der Waals surface area contributed by atoms with Crippen molar-refractivity contribution in [2.75, 3.05) is 6.54 Å². The summed E-state index contributed by atoms with van der Waals surface area (Å²) in [4.78, 5) is 24.1. The Morgan fingerprint density at radius 2 is 2.06 bits per heavy atom. The maximum absolute atomic E-state index is 12.1. The van der Waals surface area contributed by atoms with Crippen molar-refractivity contribution in [3.63, 3.8) is 0 Å². The van der Waals surface area contributed by atoms with Crippen molar-refractivity contribution in [2.45, 2.75) is 18.3 Å². The quantitative estimate of drug-likeness (QED) is 0.287. The second-order valence-electron chi connectivity index (χ2n) is 4.10. The second kappa shape index (κ2) is 4.55. The van der Waals surface area contributed by atoms with Crippen LogP contribution in [-0.4, -0.2) is 18.4 Å². The van der Waals surface area contributed by atoms with E-state index in [1.165, 1.54) is 0 Å². The minimum Gasteiger partial charge on any atom is -0.355 e. The van der Waals surface area contributed by atoms with Crippen LogP contribution in [0.1, 0.15) is 18.4 Å². The third-order valence-corrected chi connectivity index (χ3v) is 3.19. The van der Waals surface area contributed by atoms with Crippen molar-refractivity contribution < 1.29 is 9.59 Å². The molecule has 0 radical (unpaired) electrons. The Labute approximate surface area is 99.3 Å². The summed E-state index contributed by atoms with van der Waals surface area (Å²) in [5, 5.41) is 2.73. The highest BCUT2D eigenvalue weighted by Gasteiger charge is 2.48. The van der Waals surface area contributed by atoms with Crippen LogP contribution in [0, 0.1) is 0 Å². The molecule has 0 aromatic heterocycles. The highest BCUT2D eigenvalue weighted by molar-refractivity contribution is 6.11. The molecule has 0 saturated carbocycles. The molecule has 5 nitrogen and oxygen atoms in total.